The van der Waals surface area contributed by atoms with Gasteiger partial charge in [-0.2, -0.15) is 0 Å². The molecule has 1 aliphatic heterocycles. The van der Waals surface area contributed by atoms with Crippen molar-refractivity contribution in [1.29, 1.82) is 0 Å². The third-order valence-corrected chi connectivity index (χ3v) is 3.01. The Morgan fingerprint density at radius 1 is 1.54 bits per heavy atom. The SMILES string of the molecule is COCCNC1CN(C)C(C)(C)C1. The van der Waals surface area contributed by atoms with Crippen LogP contribution in [0.5, 0.6) is 0 Å². The van der Waals surface area contributed by atoms with E-state index in [0.717, 1.165) is 19.7 Å². The van der Waals surface area contributed by atoms with Gasteiger partial charge in [-0.05, 0) is 27.3 Å². The van der Waals surface area contributed by atoms with Crippen molar-refractivity contribution in [2.75, 3.05) is 33.9 Å². The van der Waals surface area contributed by atoms with E-state index < -0.39 is 0 Å². The number of likely N-dealkylation sites (N-methyl/N-ethyl adjacent to an activating group) is 1. The summed E-state index contributed by atoms with van der Waals surface area (Å²) in [5, 5.41) is 3.50. The summed E-state index contributed by atoms with van der Waals surface area (Å²) in [6, 6.07) is 0.634. The van der Waals surface area contributed by atoms with Gasteiger partial charge < -0.3 is 10.1 Å². The summed E-state index contributed by atoms with van der Waals surface area (Å²) in [6.45, 7) is 7.51. The van der Waals surface area contributed by atoms with Crippen LogP contribution in [0.2, 0.25) is 0 Å². The monoisotopic (exact) mass is 186 g/mol. The second-order valence-corrected chi connectivity index (χ2v) is 4.54. The van der Waals surface area contributed by atoms with E-state index in [-0.39, 0.29) is 0 Å². The molecule has 0 spiro atoms. The van der Waals surface area contributed by atoms with Crippen LogP contribution in [0.3, 0.4) is 0 Å². The van der Waals surface area contributed by atoms with Crippen molar-refractivity contribution in [1.82, 2.24) is 10.2 Å². The summed E-state index contributed by atoms with van der Waals surface area (Å²) >= 11 is 0. The van der Waals surface area contributed by atoms with Crippen molar-refractivity contribution < 1.29 is 4.74 Å². The fourth-order valence-electron chi connectivity index (χ4n) is 1.90. The lowest BCUT2D eigenvalue weighted by Gasteiger charge is -2.26. The Morgan fingerprint density at radius 3 is 2.69 bits per heavy atom. The predicted octanol–water partition coefficient (Wildman–Crippen LogP) is 0.705. The van der Waals surface area contributed by atoms with Crippen LogP contribution < -0.4 is 5.32 Å². The van der Waals surface area contributed by atoms with Crippen LogP contribution in [0.25, 0.3) is 0 Å². The third-order valence-electron chi connectivity index (χ3n) is 3.01. The third kappa shape index (κ3) is 2.93. The molecule has 1 unspecified atom stereocenters. The molecule has 0 bridgehead atoms. The minimum Gasteiger partial charge on any atom is -0.383 e. The first kappa shape index (κ1) is 11.0. The Balaban J connectivity index is 2.24. The van der Waals surface area contributed by atoms with E-state index in [1.807, 2.05) is 0 Å². The van der Waals surface area contributed by atoms with E-state index in [9.17, 15) is 0 Å². The molecule has 1 N–H and O–H groups in total. The molecule has 0 aromatic heterocycles. The van der Waals surface area contributed by atoms with E-state index >= 15 is 0 Å². The largest absolute Gasteiger partial charge is 0.383 e. The molecule has 0 aliphatic carbocycles. The van der Waals surface area contributed by atoms with Crippen molar-refractivity contribution in [3.8, 4) is 0 Å². The molecule has 3 heteroatoms. The van der Waals surface area contributed by atoms with Gasteiger partial charge >= 0.3 is 0 Å². The number of hydrogen-bond acceptors (Lipinski definition) is 3. The van der Waals surface area contributed by atoms with Crippen LogP contribution in [0.15, 0.2) is 0 Å². The lowest BCUT2D eigenvalue weighted by atomic mass is 10.0. The molecule has 0 aromatic rings. The molecule has 1 heterocycles. The van der Waals surface area contributed by atoms with Gasteiger partial charge in [0.2, 0.25) is 0 Å². The summed E-state index contributed by atoms with van der Waals surface area (Å²) in [7, 11) is 3.93. The van der Waals surface area contributed by atoms with Crippen molar-refractivity contribution in [2.24, 2.45) is 0 Å². The highest BCUT2D eigenvalue weighted by atomic mass is 16.5. The van der Waals surface area contributed by atoms with E-state index in [1.165, 1.54) is 6.42 Å². The summed E-state index contributed by atoms with van der Waals surface area (Å²) in [4.78, 5) is 2.41. The van der Waals surface area contributed by atoms with Gasteiger partial charge in [-0.25, -0.2) is 0 Å². The topological polar surface area (TPSA) is 24.5 Å². The van der Waals surface area contributed by atoms with Gasteiger partial charge in [-0.15, -0.1) is 0 Å². The zero-order chi connectivity index (χ0) is 9.90. The predicted molar refractivity (Wildman–Crippen MR) is 55.0 cm³/mol. The van der Waals surface area contributed by atoms with Crippen molar-refractivity contribution in [3.63, 3.8) is 0 Å². The van der Waals surface area contributed by atoms with Crippen molar-refractivity contribution in [3.05, 3.63) is 0 Å². The minimum atomic E-state index is 0.352. The van der Waals surface area contributed by atoms with Crippen molar-refractivity contribution in [2.45, 2.75) is 31.8 Å². The normalized spacial score (nSPS) is 28.2. The summed E-state index contributed by atoms with van der Waals surface area (Å²) < 4.78 is 5.00. The molecule has 1 fully saturated rings. The van der Waals surface area contributed by atoms with Crippen molar-refractivity contribution >= 4 is 0 Å². The van der Waals surface area contributed by atoms with Gasteiger partial charge in [-0.3, -0.25) is 4.90 Å². The highest BCUT2D eigenvalue weighted by molar-refractivity contribution is 4.94. The maximum Gasteiger partial charge on any atom is 0.0587 e. The van der Waals surface area contributed by atoms with Gasteiger partial charge in [0.05, 0.1) is 6.61 Å². The standard InChI is InChI=1S/C10H22N2O/c1-10(2)7-9(8-12(10)3)11-5-6-13-4/h9,11H,5-8H2,1-4H3. The molecule has 1 atom stereocenters. The number of rotatable bonds is 4. The molecular weight excluding hydrogens is 164 g/mol. The average Bonchev–Trinajstić information content (AvgIpc) is 2.27. The minimum absolute atomic E-state index is 0.352. The van der Waals surface area contributed by atoms with Crippen LogP contribution in [-0.2, 0) is 4.74 Å². The average molecular weight is 186 g/mol. The summed E-state index contributed by atoms with van der Waals surface area (Å²) in [5.41, 5.74) is 0.352. The molecule has 78 valence electrons. The first-order valence-electron chi connectivity index (χ1n) is 5.00. The summed E-state index contributed by atoms with van der Waals surface area (Å²) in [5.74, 6) is 0. The number of likely N-dealkylation sites (tertiary alicyclic amines) is 1. The van der Waals surface area contributed by atoms with Gasteiger partial charge in [0.1, 0.15) is 0 Å². The summed E-state index contributed by atoms with van der Waals surface area (Å²) in [6.07, 6.45) is 1.23. The molecule has 1 rings (SSSR count). The Morgan fingerprint density at radius 2 is 2.23 bits per heavy atom. The Kier molecular flexibility index (Phi) is 3.71. The fourth-order valence-corrected chi connectivity index (χ4v) is 1.90. The molecule has 0 saturated carbocycles. The Bertz CT molecular complexity index is 159. The molecule has 3 nitrogen and oxygen atoms in total. The van der Waals surface area contributed by atoms with Crippen LogP contribution in [0.1, 0.15) is 20.3 Å². The van der Waals surface area contributed by atoms with Gasteiger partial charge in [-0.1, -0.05) is 0 Å². The fraction of sp³-hybridized carbons (Fsp3) is 1.00. The molecule has 1 saturated heterocycles. The van der Waals surface area contributed by atoms with Crippen LogP contribution >= 0.6 is 0 Å². The zero-order valence-corrected chi connectivity index (χ0v) is 9.26. The van der Waals surface area contributed by atoms with Gasteiger partial charge in [0.15, 0.2) is 0 Å². The van der Waals surface area contributed by atoms with E-state index in [0.29, 0.717) is 11.6 Å². The molecular formula is C10H22N2O. The zero-order valence-electron chi connectivity index (χ0n) is 9.26. The maximum absolute atomic E-state index is 5.00. The van der Waals surface area contributed by atoms with Gasteiger partial charge in [0.25, 0.3) is 0 Å². The molecule has 0 aromatic carbocycles. The molecule has 0 amide bonds. The quantitative estimate of drug-likeness (QED) is 0.654. The van der Waals surface area contributed by atoms with Gasteiger partial charge in [0, 0.05) is 31.8 Å². The highest BCUT2D eigenvalue weighted by Crippen LogP contribution is 2.26. The highest BCUT2D eigenvalue weighted by Gasteiger charge is 2.35. The lowest BCUT2D eigenvalue weighted by Crippen LogP contribution is -2.34. The first-order chi connectivity index (χ1) is 6.06. The van der Waals surface area contributed by atoms with Crippen LogP contribution in [0, 0.1) is 0 Å². The molecule has 13 heavy (non-hydrogen) atoms. The Hall–Kier alpha value is -0.120. The van der Waals surface area contributed by atoms with E-state index in [4.69, 9.17) is 4.74 Å². The maximum atomic E-state index is 5.00. The second kappa shape index (κ2) is 4.40. The number of ether oxygens (including phenoxy) is 1. The van der Waals surface area contributed by atoms with E-state index in [2.05, 4.69) is 31.1 Å². The van der Waals surface area contributed by atoms with E-state index in [1.54, 1.807) is 7.11 Å². The van der Waals surface area contributed by atoms with Crippen LogP contribution in [-0.4, -0.2) is 50.3 Å². The molecule has 0 radical (unpaired) electrons. The molecule has 1 aliphatic rings. The number of nitrogens with zero attached hydrogens (tertiary/aromatic N) is 1. The smallest absolute Gasteiger partial charge is 0.0587 e. The number of hydrogen-bond donors (Lipinski definition) is 1. The second-order valence-electron chi connectivity index (χ2n) is 4.54. The number of methoxy groups -OCH3 is 1. The number of nitrogens with one attached hydrogen (secondary N) is 1. The lowest BCUT2D eigenvalue weighted by molar-refractivity contribution is 0.195. The Labute approximate surface area is 81.4 Å². The van der Waals surface area contributed by atoms with Crippen LogP contribution in [0.4, 0.5) is 0 Å². The first-order valence-corrected chi connectivity index (χ1v) is 5.00.